The molecule has 92 valence electrons. The van der Waals surface area contributed by atoms with Crippen molar-refractivity contribution in [3.05, 3.63) is 29.8 Å². The Balaban J connectivity index is 2.96. The normalized spacial score (nSPS) is 12.5. The van der Waals surface area contributed by atoms with Crippen LogP contribution >= 0.6 is 0 Å². The first kappa shape index (κ1) is 13.3. The zero-order valence-electron chi connectivity index (χ0n) is 10.7. The van der Waals surface area contributed by atoms with Crippen LogP contribution in [0.1, 0.15) is 26.3 Å². The molecule has 0 N–H and O–H groups in total. The summed E-state index contributed by atoms with van der Waals surface area (Å²) >= 11 is 0. The zero-order valence-corrected chi connectivity index (χ0v) is 10.7. The van der Waals surface area contributed by atoms with Crippen LogP contribution in [0.25, 0.3) is 6.08 Å². The van der Waals surface area contributed by atoms with Crippen LogP contribution in [0.5, 0.6) is 11.5 Å². The van der Waals surface area contributed by atoms with Gasteiger partial charge in [0.05, 0.1) is 7.11 Å². The number of hydrogen-bond donors (Lipinski definition) is 0. The summed E-state index contributed by atoms with van der Waals surface area (Å²) in [5.74, 6) is 1.21. The molecular weight excluding hydrogens is 216 g/mol. The van der Waals surface area contributed by atoms with E-state index in [9.17, 15) is 4.79 Å². The van der Waals surface area contributed by atoms with Crippen molar-refractivity contribution in [3.8, 4) is 11.5 Å². The number of hydrogen-bond acceptors (Lipinski definition) is 3. The fraction of sp³-hybridized carbons (Fsp3) is 0.357. The van der Waals surface area contributed by atoms with Crippen LogP contribution in [-0.4, -0.2) is 19.0 Å². The maximum absolute atomic E-state index is 11.1. The van der Waals surface area contributed by atoms with E-state index < -0.39 is 6.10 Å². The van der Waals surface area contributed by atoms with Crippen molar-refractivity contribution in [1.82, 2.24) is 0 Å². The second-order valence-electron chi connectivity index (χ2n) is 3.78. The van der Waals surface area contributed by atoms with Crippen molar-refractivity contribution in [2.75, 3.05) is 7.11 Å². The van der Waals surface area contributed by atoms with E-state index in [4.69, 9.17) is 9.47 Å². The number of ether oxygens (including phenoxy) is 2. The fourth-order valence-corrected chi connectivity index (χ4v) is 1.35. The summed E-state index contributed by atoms with van der Waals surface area (Å²) in [5.41, 5.74) is 1.03. The highest BCUT2D eigenvalue weighted by atomic mass is 16.5. The maximum Gasteiger partial charge on any atom is 0.169 e. The summed E-state index contributed by atoms with van der Waals surface area (Å²) < 4.78 is 10.8. The molecule has 0 aliphatic heterocycles. The van der Waals surface area contributed by atoms with Gasteiger partial charge < -0.3 is 9.47 Å². The summed E-state index contributed by atoms with van der Waals surface area (Å²) in [6, 6.07) is 5.61. The standard InChI is InChI=1S/C14H18O3/c1-5-6-12-7-8-13(14(9-12)16-4)17-11(3)10(2)15/h5-9,11H,1-4H3/b6-5-/t11-/m1/s1. The van der Waals surface area contributed by atoms with Crippen molar-refractivity contribution in [2.45, 2.75) is 26.9 Å². The Morgan fingerprint density at radius 1 is 1.35 bits per heavy atom. The Hall–Kier alpha value is -1.77. The molecule has 0 aliphatic carbocycles. The first-order chi connectivity index (χ1) is 8.08. The van der Waals surface area contributed by atoms with Gasteiger partial charge in [0.15, 0.2) is 23.4 Å². The summed E-state index contributed by atoms with van der Waals surface area (Å²) in [6.45, 7) is 5.18. The Morgan fingerprint density at radius 2 is 2.06 bits per heavy atom. The molecule has 0 bridgehead atoms. The van der Waals surface area contributed by atoms with Gasteiger partial charge in [-0.25, -0.2) is 0 Å². The highest BCUT2D eigenvalue weighted by Gasteiger charge is 2.12. The minimum Gasteiger partial charge on any atom is -0.493 e. The first-order valence-electron chi connectivity index (χ1n) is 5.56. The highest BCUT2D eigenvalue weighted by molar-refractivity contribution is 5.80. The van der Waals surface area contributed by atoms with Crippen LogP contribution in [0.15, 0.2) is 24.3 Å². The lowest BCUT2D eigenvalue weighted by atomic mass is 10.2. The molecular formula is C14H18O3. The lowest BCUT2D eigenvalue weighted by Crippen LogP contribution is -2.20. The van der Waals surface area contributed by atoms with Crippen LogP contribution in [0.3, 0.4) is 0 Å². The van der Waals surface area contributed by atoms with Gasteiger partial charge in [-0.2, -0.15) is 0 Å². The van der Waals surface area contributed by atoms with Gasteiger partial charge in [-0.15, -0.1) is 0 Å². The second kappa shape index (κ2) is 6.09. The molecule has 0 heterocycles. The number of benzene rings is 1. The number of methoxy groups -OCH3 is 1. The monoisotopic (exact) mass is 234 g/mol. The van der Waals surface area contributed by atoms with Crippen LogP contribution < -0.4 is 9.47 Å². The molecule has 3 heteroatoms. The SMILES string of the molecule is C/C=C\c1ccc(O[C@H](C)C(C)=O)c(OC)c1. The number of rotatable bonds is 5. The number of Topliss-reactive ketones (excluding diaryl/α,β-unsaturated/α-hetero) is 1. The average Bonchev–Trinajstić information content (AvgIpc) is 2.31. The third kappa shape index (κ3) is 3.63. The lowest BCUT2D eigenvalue weighted by molar-refractivity contribution is -0.122. The Morgan fingerprint density at radius 3 is 2.59 bits per heavy atom. The lowest BCUT2D eigenvalue weighted by Gasteiger charge is -2.15. The molecule has 1 rings (SSSR count). The van der Waals surface area contributed by atoms with Crippen molar-refractivity contribution >= 4 is 11.9 Å². The molecule has 1 atom stereocenters. The molecule has 0 radical (unpaired) electrons. The van der Waals surface area contributed by atoms with Gasteiger partial charge in [-0.1, -0.05) is 18.2 Å². The largest absolute Gasteiger partial charge is 0.493 e. The van der Waals surface area contributed by atoms with E-state index in [0.717, 1.165) is 5.56 Å². The van der Waals surface area contributed by atoms with Gasteiger partial charge >= 0.3 is 0 Å². The third-order valence-corrected chi connectivity index (χ3v) is 2.42. The van der Waals surface area contributed by atoms with Crippen molar-refractivity contribution in [3.63, 3.8) is 0 Å². The van der Waals surface area contributed by atoms with Crippen molar-refractivity contribution < 1.29 is 14.3 Å². The van der Waals surface area contributed by atoms with Crippen LogP contribution in [0.2, 0.25) is 0 Å². The van der Waals surface area contributed by atoms with Gasteiger partial charge in [0.2, 0.25) is 0 Å². The number of carbonyl (C=O) groups is 1. The molecule has 0 spiro atoms. The second-order valence-corrected chi connectivity index (χ2v) is 3.78. The van der Waals surface area contributed by atoms with Gasteiger partial charge in [-0.05, 0) is 38.5 Å². The summed E-state index contributed by atoms with van der Waals surface area (Å²) in [7, 11) is 1.58. The number of allylic oxidation sites excluding steroid dienone is 1. The van der Waals surface area contributed by atoms with E-state index in [2.05, 4.69) is 0 Å². The molecule has 3 nitrogen and oxygen atoms in total. The summed E-state index contributed by atoms with van der Waals surface area (Å²) in [6.07, 6.45) is 3.46. The Bertz CT molecular complexity index is 421. The molecule has 0 unspecified atom stereocenters. The predicted octanol–water partition coefficient (Wildman–Crippen LogP) is 3.08. The van der Waals surface area contributed by atoms with Gasteiger partial charge in [0.1, 0.15) is 0 Å². The van der Waals surface area contributed by atoms with Crippen LogP contribution in [-0.2, 0) is 4.79 Å². The molecule has 0 amide bonds. The maximum atomic E-state index is 11.1. The third-order valence-electron chi connectivity index (χ3n) is 2.42. The molecule has 0 saturated heterocycles. The fourth-order valence-electron chi connectivity index (χ4n) is 1.35. The van der Waals surface area contributed by atoms with Crippen molar-refractivity contribution in [1.29, 1.82) is 0 Å². The minimum absolute atomic E-state index is 0.00964. The first-order valence-corrected chi connectivity index (χ1v) is 5.56. The minimum atomic E-state index is -0.462. The quantitative estimate of drug-likeness (QED) is 0.785. The summed E-state index contributed by atoms with van der Waals surface area (Å²) in [4.78, 5) is 11.1. The van der Waals surface area contributed by atoms with Crippen molar-refractivity contribution in [2.24, 2.45) is 0 Å². The molecule has 1 aromatic carbocycles. The molecule has 0 saturated carbocycles. The topological polar surface area (TPSA) is 35.5 Å². The Labute approximate surface area is 102 Å². The van der Waals surface area contributed by atoms with E-state index in [1.165, 1.54) is 6.92 Å². The van der Waals surface area contributed by atoms with E-state index in [1.807, 2.05) is 37.3 Å². The predicted molar refractivity (Wildman–Crippen MR) is 68.5 cm³/mol. The van der Waals surface area contributed by atoms with E-state index >= 15 is 0 Å². The Kier molecular flexibility index (Phi) is 4.76. The molecule has 0 fully saturated rings. The average molecular weight is 234 g/mol. The van der Waals surface area contributed by atoms with E-state index in [0.29, 0.717) is 11.5 Å². The van der Waals surface area contributed by atoms with Gasteiger partial charge in [-0.3, -0.25) is 4.79 Å². The van der Waals surface area contributed by atoms with E-state index in [1.54, 1.807) is 14.0 Å². The van der Waals surface area contributed by atoms with Gasteiger partial charge in [0, 0.05) is 0 Å². The van der Waals surface area contributed by atoms with E-state index in [-0.39, 0.29) is 5.78 Å². The molecule has 17 heavy (non-hydrogen) atoms. The number of carbonyl (C=O) groups excluding carboxylic acids is 1. The highest BCUT2D eigenvalue weighted by Crippen LogP contribution is 2.29. The smallest absolute Gasteiger partial charge is 0.169 e. The summed E-state index contributed by atoms with van der Waals surface area (Å²) in [5, 5.41) is 0. The zero-order chi connectivity index (χ0) is 12.8. The molecule has 0 aliphatic rings. The van der Waals surface area contributed by atoms with Gasteiger partial charge in [0.25, 0.3) is 0 Å². The van der Waals surface area contributed by atoms with Crippen LogP contribution in [0.4, 0.5) is 0 Å². The molecule has 1 aromatic rings. The molecule has 0 aromatic heterocycles. The number of ketones is 1. The van der Waals surface area contributed by atoms with Crippen LogP contribution in [0, 0.1) is 0 Å².